The van der Waals surface area contributed by atoms with Crippen LogP contribution in [0, 0.1) is 0 Å². The van der Waals surface area contributed by atoms with E-state index in [2.05, 4.69) is 22.5 Å². The van der Waals surface area contributed by atoms with Gasteiger partial charge in [0.15, 0.2) is 0 Å². The first-order valence-electron chi connectivity index (χ1n) is 5.51. The number of β-amino-alcohol motifs (C(OH)–C–C–N with tert-alkyl or cyclic N) is 1. The molecule has 1 rings (SSSR count). The number of hydrogen-bond acceptors (Lipinski definition) is 4. The van der Waals surface area contributed by atoms with E-state index in [0.717, 1.165) is 13.1 Å². The summed E-state index contributed by atoms with van der Waals surface area (Å²) in [5.41, 5.74) is 0. The normalized spacial score (nSPS) is 25.9. The lowest BCUT2D eigenvalue weighted by atomic mass is 10.2. The average molecular weight is 215 g/mol. The highest BCUT2D eigenvalue weighted by Gasteiger charge is 2.27. The first-order chi connectivity index (χ1) is 7.13. The fraction of sp³-hybridized carbons (Fsp3) is 0.900. The SMILES string of the molecule is CCN(C)CCNC(=O)C1CC(O)CN1. The number of aliphatic hydroxyl groups is 1. The zero-order chi connectivity index (χ0) is 11.3. The van der Waals surface area contributed by atoms with Crippen LogP contribution in [0.15, 0.2) is 0 Å². The Kier molecular flexibility index (Phi) is 5.01. The first-order valence-corrected chi connectivity index (χ1v) is 5.51. The smallest absolute Gasteiger partial charge is 0.237 e. The van der Waals surface area contributed by atoms with Crippen LogP contribution in [-0.2, 0) is 4.79 Å². The maximum atomic E-state index is 11.6. The third-order valence-electron chi connectivity index (χ3n) is 2.76. The van der Waals surface area contributed by atoms with Gasteiger partial charge in [0, 0.05) is 19.6 Å². The van der Waals surface area contributed by atoms with E-state index < -0.39 is 0 Å². The van der Waals surface area contributed by atoms with Crippen molar-refractivity contribution < 1.29 is 9.90 Å². The molecule has 0 aromatic heterocycles. The van der Waals surface area contributed by atoms with Gasteiger partial charge in [-0.3, -0.25) is 4.79 Å². The van der Waals surface area contributed by atoms with Crippen LogP contribution in [-0.4, -0.2) is 61.3 Å². The molecule has 0 bridgehead atoms. The maximum absolute atomic E-state index is 11.6. The lowest BCUT2D eigenvalue weighted by Crippen LogP contribution is -2.42. The quantitative estimate of drug-likeness (QED) is 0.538. The topological polar surface area (TPSA) is 64.6 Å². The molecule has 2 atom stereocenters. The predicted octanol–water partition coefficient (Wildman–Crippen LogP) is -1.22. The van der Waals surface area contributed by atoms with Crippen LogP contribution in [0.2, 0.25) is 0 Å². The number of aliphatic hydroxyl groups excluding tert-OH is 1. The van der Waals surface area contributed by atoms with Gasteiger partial charge in [0.25, 0.3) is 0 Å². The Hall–Kier alpha value is -0.650. The van der Waals surface area contributed by atoms with Gasteiger partial charge in [0.1, 0.15) is 0 Å². The molecule has 5 nitrogen and oxygen atoms in total. The number of amides is 1. The molecule has 0 aromatic carbocycles. The molecule has 0 saturated carbocycles. The lowest BCUT2D eigenvalue weighted by molar-refractivity contribution is -0.122. The molecule has 0 radical (unpaired) electrons. The summed E-state index contributed by atoms with van der Waals surface area (Å²) in [6.07, 6.45) is 0.147. The molecule has 1 amide bonds. The van der Waals surface area contributed by atoms with Crippen LogP contribution in [0.5, 0.6) is 0 Å². The molecule has 1 heterocycles. The second kappa shape index (κ2) is 6.05. The molecule has 3 N–H and O–H groups in total. The molecular weight excluding hydrogens is 194 g/mol. The van der Waals surface area contributed by atoms with Crippen molar-refractivity contribution in [1.29, 1.82) is 0 Å². The molecule has 1 saturated heterocycles. The van der Waals surface area contributed by atoms with Crippen molar-refractivity contribution >= 4 is 5.91 Å². The van der Waals surface area contributed by atoms with Crippen LogP contribution in [0.4, 0.5) is 0 Å². The molecule has 0 aromatic rings. The first kappa shape index (κ1) is 12.4. The molecule has 1 aliphatic heterocycles. The summed E-state index contributed by atoms with van der Waals surface area (Å²) in [6.45, 7) is 5.11. The molecule has 15 heavy (non-hydrogen) atoms. The lowest BCUT2D eigenvalue weighted by Gasteiger charge is -2.15. The van der Waals surface area contributed by atoms with E-state index in [1.165, 1.54) is 0 Å². The summed E-state index contributed by atoms with van der Waals surface area (Å²) in [5.74, 6) is -0.00365. The zero-order valence-electron chi connectivity index (χ0n) is 9.49. The minimum atomic E-state index is -0.376. The Morgan fingerprint density at radius 3 is 2.93 bits per heavy atom. The number of carbonyl (C=O) groups is 1. The van der Waals surface area contributed by atoms with Gasteiger partial charge >= 0.3 is 0 Å². The molecule has 0 spiro atoms. The summed E-state index contributed by atoms with van der Waals surface area (Å²) in [7, 11) is 2.02. The highest BCUT2D eigenvalue weighted by molar-refractivity contribution is 5.82. The van der Waals surface area contributed by atoms with Crippen molar-refractivity contribution in [3.8, 4) is 0 Å². The fourth-order valence-electron chi connectivity index (χ4n) is 1.57. The average Bonchev–Trinajstić information content (AvgIpc) is 2.64. The van der Waals surface area contributed by atoms with Gasteiger partial charge in [0.05, 0.1) is 12.1 Å². The van der Waals surface area contributed by atoms with Gasteiger partial charge in [-0.05, 0) is 20.0 Å². The van der Waals surface area contributed by atoms with Crippen LogP contribution in [0.25, 0.3) is 0 Å². The Labute approximate surface area is 90.8 Å². The van der Waals surface area contributed by atoms with Gasteiger partial charge in [0.2, 0.25) is 5.91 Å². The number of rotatable bonds is 5. The number of nitrogens with one attached hydrogen (secondary N) is 2. The largest absolute Gasteiger partial charge is 0.392 e. The monoisotopic (exact) mass is 215 g/mol. The molecule has 0 aliphatic carbocycles. The third-order valence-corrected chi connectivity index (χ3v) is 2.76. The Morgan fingerprint density at radius 1 is 1.67 bits per heavy atom. The summed E-state index contributed by atoms with van der Waals surface area (Å²) < 4.78 is 0. The van der Waals surface area contributed by atoms with Crippen LogP contribution in [0.3, 0.4) is 0 Å². The van der Waals surface area contributed by atoms with Crippen molar-refractivity contribution in [2.45, 2.75) is 25.5 Å². The second-order valence-electron chi connectivity index (χ2n) is 4.04. The number of carbonyl (C=O) groups excluding carboxylic acids is 1. The Balaban J connectivity index is 2.13. The van der Waals surface area contributed by atoms with E-state index in [1.54, 1.807) is 0 Å². The summed E-state index contributed by atoms with van der Waals surface area (Å²) >= 11 is 0. The molecule has 88 valence electrons. The van der Waals surface area contributed by atoms with Crippen molar-refractivity contribution in [3.05, 3.63) is 0 Å². The Bertz CT molecular complexity index is 211. The zero-order valence-corrected chi connectivity index (χ0v) is 9.49. The van der Waals surface area contributed by atoms with Gasteiger partial charge in [-0.2, -0.15) is 0 Å². The van der Waals surface area contributed by atoms with E-state index >= 15 is 0 Å². The van der Waals surface area contributed by atoms with Gasteiger partial charge in [-0.15, -0.1) is 0 Å². The van der Waals surface area contributed by atoms with E-state index in [4.69, 9.17) is 0 Å². The van der Waals surface area contributed by atoms with Gasteiger partial charge in [-0.1, -0.05) is 6.92 Å². The molecule has 1 aliphatic rings. The minimum absolute atomic E-state index is 0.00365. The van der Waals surface area contributed by atoms with E-state index in [1.807, 2.05) is 7.05 Å². The van der Waals surface area contributed by atoms with Crippen LogP contribution < -0.4 is 10.6 Å². The number of likely N-dealkylation sites (N-methyl/N-ethyl adjacent to an activating group) is 1. The Morgan fingerprint density at radius 2 is 2.40 bits per heavy atom. The molecular formula is C10H21N3O2. The molecule has 2 unspecified atom stereocenters. The predicted molar refractivity (Wildman–Crippen MR) is 58.6 cm³/mol. The van der Waals surface area contributed by atoms with Gasteiger partial charge in [-0.25, -0.2) is 0 Å². The van der Waals surface area contributed by atoms with E-state index in [0.29, 0.717) is 19.5 Å². The maximum Gasteiger partial charge on any atom is 0.237 e. The van der Waals surface area contributed by atoms with E-state index in [9.17, 15) is 9.90 Å². The molecule has 1 fully saturated rings. The minimum Gasteiger partial charge on any atom is -0.392 e. The van der Waals surface area contributed by atoms with Crippen molar-refractivity contribution in [1.82, 2.24) is 15.5 Å². The summed E-state index contributed by atoms with van der Waals surface area (Å²) in [4.78, 5) is 13.7. The molecule has 5 heteroatoms. The van der Waals surface area contributed by atoms with Crippen molar-refractivity contribution in [2.75, 3.05) is 33.2 Å². The number of hydrogen-bond donors (Lipinski definition) is 3. The van der Waals surface area contributed by atoms with Crippen LogP contribution in [0.1, 0.15) is 13.3 Å². The second-order valence-corrected chi connectivity index (χ2v) is 4.04. The summed E-state index contributed by atoms with van der Waals surface area (Å²) in [6, 6.07) is -0.216. The van der Waals surface area contributed by atoms with Gasteiger partial charge < -0.3 is 20.6 Å². The van der Waals surface area contributed by atoms with Crippen LogP contribution >= 0.6 is 0 Å². The summed E-state index contributed by atoms with van der Waals surface area (Å²) in [5, 5.41) is 15.1. The fourth-order valence-corrected chi connectivity index (χ4v) is 1.57. The van der Waals surface area contributed by atoms with E-state index in [-0.39, 0.29) is 18.1 Å². The standard InChI is InChI=1S/C10H21N3O2/c1-3-13(2)5-4-11-10(15)9-6-8(14)7-12-9/h8-9,12,14H,3-7H2,1-2H3,(H,11,15). The highest BCUT2D eigenvalue weighted by Crippen LogP contribution is 2.05. The number of nitrogens with zero attached hydrogens (tertiary/aromatic N) is 1. The third kappa shape index (κ3) is 4.15. The highest BCUT2D eigenvalue weighted by atomic mass is 16.3. The van der Waals surface area contributed by atoms with Crippen molar-refractivity contribution in [3.63, 3.8) is 0 Å². The van der Waals surface area contributed by atoms with Crippen molar-refractivity contribution in [2.24, 2.45) is 0 Å².